The van der Waals surface area contributed by atoms with Crippen molar-refractivity contribution in [1.29, 1.82) is 5.26 Å². The third-order valence-electron chi connectivity index (χ3n) is 3.87. The number of nitrogens with one attached hydrogen (secondary N) is 1. The maximum Gasteiger partial charge on any atom is 0.249 e. The average molecular weight is 251 g/mol. The van der Waals surface area contributed by atoms with E-state index in [1.54, 1.807) is 0 Å². The highest BCUT2D eigenvalue weighted by Gasteiger charge is 2.32. The van der Waals surface area contributed by atoms with Gasteiger partial charge in [0.05, 0.1) is 12.6 Å². The van der Waals surface area contributed by atoms with Crippen LogP contribution < -0.4 is 5.32 Å². The SMILES string of the molecule is CC1CCOC1C(=O)NC1CCN(CC#N)CC1. The van der Waals surface area contributed by atoms with Gasteiger partial charge >= 0.3 is 0 Å². The maximum absolute atomic E-state index is 12.0. The minimum absolute atomic E-state index is 0.0405. The Balaban J connectivity index is 1.74. The van der Waals surface area contributed by atoms with Gasteiger partial charge in [-0.25, -0.2) is 0 Å². The van der Waals surface area contributed by atoms with E-state index in [0.717, 1.165) is 32.4 Å². The molecule has 2 aliphatic rings. The Morgan fingerprint density at radius 3 is 2.72 bits per heavy atom. The van der Waals surface area contributed by atoms with Crippen molar-refractivity contribution in [3.63, 3.8) is 0 Å². The summed E-state index contributed by atoms with van der Waals surface area (Å²) >= 11 is 0. The van der Waals surface area contributed by atoms with Crippen LogP contribution in [0.15, 0.2) is 0 Å². The van der Waals surface area contributed by atoms with Crippen molar-refractivity contribution < 1.29 is 9.53 Å². The largest absolute Gasteiger partial charge is 0.368 e. The van der Waals surface area contributed by atoms with Crippen LogP contribution in [0.2, 0.25) is 0 Å². The Labute approximate surface area is 108 Å². The Morgan fingerprint density at radius 1 is 1.44 bits per heavy atom. The first-order valence-electron chi connectivity index (χ1n) is 6.72. The smallest absolute Gasteiger partial charge is 0.249 e. The highest BCUT2D eigenvalue weighted by molar-refractivity contribution is 5.81. The molecule has 2 atom stereocenters. The molecule has 0 aromatic rings. The molecule has 0 radical (unpaired) electrons. The Kier molecular flexibility index (Phi) is 4.56. The van der Waals surface area contributed by atoms with Crippen LogP contribution in [0.4, 0.5) is 0 Å². The van der Waals surface area contributed by atoms with Crippen molar-refractivity contribution in [2.45, 2.75) is 38.3 Å². The van der Waals surface area contributed by atoms with E-state index in [0.29, 0.717) is 19.1 Å². The van der Waals surface area contributed by atoms with Gasteiger partial charge in [-0.1, -0.05) is 6.92 Å². The number of nitrogens with zero attached hydrogens (tertiary/aromatic N) is 2. The van der Waals surface area contributed by atoms with Gasteiger partial charge in [0.15, 0.2) is 0 Å². The molecule has 0 bridgehead atoms. The lowest BCUT2D eigenvalue weighted by Crippen LogP contribution is -2.48. The van der Waals surface area contributed by atoms with Gasteiger partial charge in [0.25, 0.3) is 0 Å². The van der Waals surface area contributed by atoms with Crippen LogP contribution >= 0.6 is 0 Å². The second-order valence-corrected chi connectivity index (χ2v) is 5.27. The Bertz CT molecular complexity index is 332. The van der Waals surface area contributed by atoms with Crippen LogP contribution in [0, 0.1) is 17.2 Å². The zero-order valence-corrected chi connectivity index (χ0v) is 10.9. The predicted molar refractivity (Wildman–Crippen MR) is 66.7 cm³/mol. The second-order valence-electron chi connectivity index (χ2n) is 5.27. The maximum atomic E-state index is 12.0. The summed E-state index contributed by atoms with van der Waals surface area (Å²) in [5.41, 5.74) is 0. The molecule has 0 aromatic carbocycles. The average Bonchev–Trinajstić information content (AvgIpc) is 2.78. The van der Waals surface area contributed by atoms with E-state index < -0.39 is 0 Å². The van der Waals surface area contributed by atoms with Gasteiger partial charge in [-0.05, 0) is 25.2 Å². The standard InChI is InChI=1S/C13H21N3O2/c1-10-4-9-18-12(10)13(17)15-11-2-6-16(7-3-11)8-5-14/h10-12H,2-4,6-9H2,1H3,(H,15,17). The lowest BCUT2D eigenvalue weighted by atomic mass is 10.0. The molecule has 2 aliphatic heterocycles. The summed E-state index contributed by atoms with van der Waals surface area (Å²) in [5.74, 6) is 0.363. The molecule has 1 N–H and O–H groups in total. The van der Waals surface area contributed by atoms with E-state index in [4.69, 9.17) is 10.00 Å². The number of hydrogen-bond donors (Lipinski definition) is 1. The van der Waals surface area contributed by atoms with Crippen molar-refractivity contribution in [3.8, 4) is 6.07 Å². The zero-order valence-electron chi connectivity index (χ0n) is 10.9. The van der Waals surface area contributed by atoms with Crippen molar-refractivity contribution in [3.05, 3.63) is 0 Å². The first kappa shape index (κ1) is 13.3. The second kappa shape index (κ2) is 6.17. The number of amides is 1. The van der Waals surface area contributed by atoms with Gasteiger partial charge in [0, 0.05) is 25.7 Å². The molecule has 2 unspecified atom stereocenters. The number of hydrogen-bond acceptors (Lipinski definition) is 4. The van der Waals surface area contributed by atoms with Crippen molar-refractivity contribution in [1.82, 2.24) is 10.2 Å². The van der Waals surface area contributed by atoms with Gasteiger partial charge in [-0.2, -0.15) is 5.26 Å². The molecule has 18 heavy (non-hydrogen) atoms. The lowest BCUT2D eigenvalue weighted by Gasteiger charge is -2.31. The van der Waals surface area contributed by atoms with Gasteiger partial charge in [0.1, 0.15) is 6.10 Å². The number of nitriles is 1. The number of carbonyl (C=O) groups is 1. The van der Waals surface area contributed by atoms with E-state index in [1.165, 1.54) is 0 Å². The Hall–Kier alpha value is -1.12. The molecule has 5 heteroatoms. The third kappa shape index (κ3) is 3.21. The van der Waals surface area contributed by atoms with E-state index in [2.05, 4.69) is 23.2 Å². The molecule has 2 heterocycles. The molecule has 0 aromatic heterocycles. The van der Waals surface area contributed by atoms with Crippen LogP contribution in [-0.4, -0.2) is 49.2 Å². The number of piperidine rings is 1. The quantitative estimate of drug-likeness (QED) is 0.742. The molecule has 100 valence electrons. The monoisotopic (exact) mass is 251 g/mol. The van der Waals surface area contributed by atoms with E-state index in [9.17, 15) is 4.79 Å². The van der Waals surface area contributed by atoms with Crippen LogP contribution in [0.5, 0.6) is 0 Å². The minimum Gasteiger partial charge on any atom is -0.368 e. The van der Waals surface area contributed by atoms with Crippen LogP contribution in [-0.2, 0) is 9.53 Å². The van der Waals surface area contributed by atoms with Crippen molar-refractivity contribution in [2.24, 2.45) is 5.92 Å². The number of likely N-dealkylation sites (tertiary alicyclic amines) is 1. The molecule has 1 amide bonds. The number of carbonyl (C=O) groups excluding carboxylic acids is 1. The molecule has 2 fully saturated rings. The minimum atomic E-state index is -0.262. The summed E-state index contributed by atoms with van der Waals surface area (Å²) < 4.78 is 5.46. The van der Waals surface area contributed by atoms with Gasteiger partial charge in [-0.3, -0.25) is 9.69 Å². The normalized spacial score (nSPS) is 30.0. The molecular weight excluding hydrogens is 230 g/mol. The first-order chi connectivity index (χ1) is 8.70. The number of rotatable bonds is 3. The third-order valence-corrected chi connectivity index (χ3v) is 3.87. The van der Waals surface area contributed by atoms with E-state index in [-0.39, 0.29) is 18.1 Å². The van der Waals surface area contributed by atoms with Crippen molar-refractivity contribution in [2.75, 3.05) is 26.2 Å². The van der Waals surface area contributed by atoms with Crippen LogP contribution in [0.1, 0.15) is 26.2 Å². The summed E-state index contributed by atoms with van der Waals surface area (Å²) in [6, 6.07) is 2.40. The topological polar surface area (TPSA) is 65.4 Å². The molecule has 2 rings (SSSR count). The summed E-state index contributed by atoms with van der Waals surface area (Å²) in [6.07, 6.45) is 2.56. The summed E-state index contributed by atoms with van der Waals surface area (Å²) in [6.45, 7) is 5.02. The fourth-order valence-corrected chi connectivity index (χ4v) is 2.65. The predicted octanol–water partition coefficient (Wildman–Crippen LogP) is 0.516. The van der Waals surface area contributed by atoms with Gasteiger partial charge in [0.2, 0.25) is 5.91 Å². The molecule has 5 nitrogen and oxygen atoms in total. The van der Waals surface area contributed by atoms with Crippen LogP contribution in [0.25, 0.3) is 0 Å². The zero-order chi connectivity index (χ0) is 13.0. The fourth-order valence-electron chi connectivity index (χ4n) is 2.65. The molecule has 0 saturated carbocycles. The number of ether oxygens (including phenoxy) is 1. The summed E-state index contributed by atoms with van der Waals surface area (Å²) in [5, 5.41) is 11.7. The highest BCUT2D eigenvalue weighted by atomic mass is 16.5. The van der Waals surface area contributed by atoms with E-state index >= 15 is 0 Å². The molecular formula is C13H21N3O2. The van der Waals surface area contributed by atoms with E-state index in [1.807, 2.05) is 0 Å². The van der Waals surface area contributed by atoms with Crippen LogP contribution in [0.3, 0.4) is 0 Å². The Morgan fingerprint density at radius 2 is 2.17 bits per heavy atom. The molecule has 2 saturated heterocycles. The fraction of sp³-hybridized carbons (Fsp3) is 0.846. The summed E-state index contributed by atoms with van der Waals surface area (Å²) in [4.78, 5) is 14.2. The van der Waals surface area contributed by atoms with Gasteiger partial charge in [-0.15, -0.1) is 0 Å². The molecule has 0 spiro atoms. The lowest BCUT2D eigenvalue weighted by molar-refractivity contribution is -0.132. The van der Waals surface area contributed by atoms with Gasteiger partial charge < -0.3 is 10.1 Å². The first-order valence-corrected chi connectivity index (χ1v) is 6.72. The summed E-state index contributed by atoms with van der Waals surface area (Å²) in [7, 11) is 0. The van der Waals surface area contributed by atoms with Crippen molar-refractivity contribution >= 4 is 5.91 Å². The molecule has 0 aliphatic carbocycles. The highest BCUT2D eigenvalue weighted by Crippen LogP contribution is 2.20.